The lowest BCUT2D eigenvalue weighted by atomic mass is 9.89. The van der Waals surface area contributed by atoms with Crippen molar-refractivity contribution in [1.82, 2.24) is 0 Å². The van der Waals surface area contributed by atoms with Gasteiger partial charge in [0.15, 0.2) is 0 Å². The maximum atomic E-state index is 10.7. The van der Waals surface area contributed by atoms with Gasteiger partial charge in [0.05, 0.1) is 11.6 Å². The molecule has 0 heterocycles. The van der Waals surface area contributed by atoms with Gasteiger partial charge in [0.1, 0.15) is 5.75 Å². The van der Waals surface area contributed by atoms with E-state index in [9.17, 15) is 4.79 Å². The Morgan fingerprint density at radius 2 is 2.24 bits per heavy atom. The molecule has 1 aromatic carbocycles. The molecule has 3 unspecified atom stereocenters. The fraction of sp³-hybridized carbons (Fsp3) is 0.471. The zero-order valence-corrected chi connectivity index (χ0v) is 12.6. The number of carbonyl (C=O) groups is 1. The molecule has 1 aromatic rings. The van der Waals surface area contributed by atoms with Crippen molar-refractivity contribution in [1.29, 1.82) is 0 Å². The van der Waals surface area contributed by atoms with Gasteiger partial charge in [0, 0.05) is 11.6 Å². The molecular formula is C17H19ClO3. The molecule has 21 heavy (non-hydrogen) atoms. The first-order valence-corrected chi connectivity index (χ1v) is 7.83. The molecule has 3 rings (SSSR count). The summed E-state index contributed by atoms with van der Waals surface area (Å²) >= 11 is 6.20. The van der Waals surface area contributed by atoms with Crippen LogP contribution in [0.25, 0.3) is 6.08 Å². The van der Waals surface area contributed by atoms with E-state index in [1.54, 1.807) is 12.1 Å². The average Bonchev–Trinajstić information content (AvgIpc) is 3.06. The summed E-state index contributed by atoms with van der Waals surface area (Å²) in [7, 11) is 0. The zero-order chi connectivity index (χ0) is 14.8. The molecule has 2 aliphatic carbocycles. The second-order valence-electron chi connectivity index (χ2n) is 6.08. The van der Waals surface area contributed by atoms with Crippen LogP contribution in [0.5, 0.6) is 5.75 Å². The van der Waals surface area contributed by atoms with Gasteiger partial charge in [-0.2, -0.15) is 0 Å². The largest absolute Gasteiger partial charge is 0.491 e. The number of rotatable bonds is 5. The molecule has 112 valence electrons. The molecule has 4 heteroatoms. The first-order chi connectivity index (χ1) is 10.1. The monoisotopic (exact) mass is 306 g/mol. The van der Waals surface area contributed by atoms with E-state index in [0.29, 0.717) is 28.9 Å². The first kappa shape index (κ1) is 14.5. The number of halogens is 1. The lowest BCUT2D eigenvalue weighted by Crippen LogP contribution is -2.18. The van der Waals surface area contributed by atoms with Crippen molar-refractivity contribution in [2.24, 2.45) is 17.8 Å². The summed E-state index contributed by atoms with van der Waals surface area (Å²) < 4.78 is 5.96. The average molecular weight is 307 g/mol. The highest BCUT2D eigenvalue weighted by atomic mass is 35.5. The lowest BCUT2D eigenvalue weighted by Gasteiger charge is -2.22. The number of hydrogen-bond acceptors (Lipinski definition) is 2. The van der Waals surface area contributed by atoms with E-state index in [2.05, 4.69) is 0 Å². The number of carboxylic acids is 1. The summed E-state index contributed by atoms with van der Waals surface area (Å²) in [6.45, 7) is 0.679. The SMILES string of the molecule is O=C(O)/C=C/c1cccc(Cl)c1OCC1CC2CCC1C2. The molecule has 2 aliphatic rings. The third-order valence-electron chi connectivity index (χ3n) is 4.73. The van der Waals surface area contributed by atoms with E-state index in [1.807, 2.05) is 6.07 Å². The minimum Gasteiger partial charge on any atom is -0.491 e. The summed E-state index contributed by atoms with van der Waals surface area (Å²) in [6, 6.07) is 5.39. The standard InChI is InChI=1S/C17H19ClO3/c18-15-3-1-2-12(6-7-16(19)20)17(15)21-10-14-9-11-4-5-13(14)8-11/h1-3,6-7,11,13-14H,4-5,8-10H2,(H,19,20)/b7-6+. The lowest BCUT2D eigenvalue weighted by molar-refractivity contribution is -0.131. The summed E-state index contributed by atoms with van der Waals surface area (Å²) in [5.41, 5.74) is 0.716. The van der Waals surface area contributed by atoms with E-state index >= 15 is 0 Å². The van der Waals surface area contributed by atoms with Crippen molar-refractivity contribution < 1.29 is 14.6 Å². The van der Waals surface area contributed by atoms with Gasteiger partial charge in [-0.25, -0.2) is 4.79 Å². The number of hydrogen-bond donors (Lipinski definition) is 1. The highest BCUT2D eigenvalue weighted by molar-refractivity contribution is 6.32. The van der Waals surface area contributed by atoms with Gasteiger partial charge in [-0.05, 0) is 49.2 Å². The van der Waals surface area contributed by atoms with E-state index in [1.165, 1.54) is 31.8 Å². The van der Waals surface area contributed by atoms with Gasteiger partial charge < -0.3 is 9.84 Å². The molecule has 0 aromatic heterocycles. The van der Waals surface area contributed by atoms with Crippen LogP contribution in [0.4, 0.5) is 0 Å². The van der Waals surface area contributed by atoms with Crippen LogP contribution in [0.3, 0.4) is 0 Å². The normalized spacial score (nSPS) is 27.4. The minimum absolute atomic E-state index is 0.533. The topological polar surface area (TPSA) is 46.5 Å². The Morgan fingerprint density at radius 1 is 1.38 bits per heavy atom. The Hall–Kier alpha value is -1.48. The number of ether oxygens (including phenoxy) is 1. The van der Waals surface area contributed by atoms with Crippen LogP contribution in [0.1, 0.15) is 31.2 Å². The van der Waals surface area contributed by atoms with Crippen molar-refractivity contribution in [3.63, 3.8) is 0 Å². The third-order valence-corrected chi connectivity index (χ3v) is 5.03. The summed E-state index contributed by atoms with van der Waals surface area (Å²) in [6.07, 6.45) is 7.95. The van der Waals surface area contributed by atoms with E-state index in [0.717, 1.165) is 17.9 Å². The highest BCUT2D eigenvalue weighted by Gasteiger charge is 2.39. The maximum absolute atomic E-state index is 10.7. The predicted molar refractivity (Wildman–Crippen MR) is 82.6 cm³/mol. The Morgan fingerprint density at radius 3 is 2.90 bits per heavy atom. The molecule has 3 atom stereocenters. The van der Waals surface area contributed by atoms with E-state index in [4.69, 9.17) is 21.4 Å². The molecule has 0 saturated heterocycles. The molecule has 2 fully saturated rings. The maximum Gasteiger partial charge on any atom is 0.328 e. The van der Waals surface area contributed by atoms with Crippen LogP contribution < -0.4 is 4.74 Å². The molecule has 0 radical (unpaired) electrons. The highest BCUT2D eigenvalue weighted by Crippen LogP contribution is 2.48. The summed E-state index contributed by atoms with van der Waals surface area (Å²) in [4.78, 5) is 10.7. The Balaban J connectivity index is 1.70. The molecule has 1 N–H and O–H groups in total. The third kappa shape index (κ3) is 3.24. The molecular weight excluding hydrogens is 288 g/mol. The van der Waals surface area contributed by atoms with E-state index in [-0.39, 0.29) is 0 Å². The molecule has 0 amide bonds. The molecule has 2 bridgehead atoms. The van der Waals surface area contributed by atoms with Gasteiger partial charge in [-0.15, -0.1) is 0 Å². The number of aliphatic carboxylic acids is 1. The molecule has 3 nitrogen and oxygen atoms in total. The number of carboxylic acid groups (broad SMARTS) is 1. The van der Waals surface area contributed by atoms with Crippen LogP contribution in [-0.2, 0) is 4.79 Å². The predicted octanol–water partition coefficient (Wildman–Crippen LogP) is 4.25. The second kappa shape index (κ2) is 6.10. The van der Waals surface area contributed by atoms with Crippen molar-refractivity contribution in [3.05, 3.63) is 34.9 Å². The number of benzene rings is 1. The number of para-hydroxylation sites is 1. The minimum atomic E-state index is -0.978. The van der Waals surface area contributed by atoms with Crippen molar-refractivity contribution >= 4 is 23.6 Å². The fourth-order valence-corrected chi connectivity index (χ4v) is 3.98. The molecule has 2 saturated carbocycles. The second-order valence-corrected chi connectivity index (χ2v) is 6.48. The van der Waals surface area contributed by atoms with Crippen LogP contribution in [0, 0.1) is 17.8 Å². The Labute approximate surface area is 129 Å². The van der Waals surface area contributed by atoms with Crippen LogP contribution >= 0.6 is 11.6 Å². The van der Waals surface area contributed by atoms with Gasteiger partial charge in [-0.1, -0.05) is 30.2 Å². The fourth-order valence-electron chi connectivity index (χ4n) is 3.74. The van der Waals surface area contributed by atoms with Gasteiger partial charge in [-0.3, -0.25) is 0 Å². The summed E-state index contributed by atoms with van der Waals surface area (Å²) in [5, 5.41) is 9.28. The van der Waals surface area contributed by atoms with Crippen molar-refractivity contribution in [2.45, 2.75) is 25.7 Å². The first-order valence-electron chi connectivity index (χ1n) is 7.46. The van der Waals surface area contributed by atoms with Crippen LogP contribution in [0.2, 0.25) is 5.02 Å². The van der Waals surface area contributed by atoms with Crippen molar-refractivity contribution in [3.8, 4) is 5.75 Å². The van der Waals surface area contributed by atoms with E-state index < -0.39 is 5.97 Å². The molecule has 0 aliphatic heterocycles. The Bertz CT molecular complexity index is 567. The van der Waals surface area contributed by atoms with Gasteiger partial charge >= 0.3 is 5.97 Å². The van der Waals surface area contributed by atoms with Crippen LogP contribution in [0.15, 0.2) is 24.3 Å². The summed E-state index contributed by atoms with van der Waals surface area (Å²) in [5.74, 6) is 1.93. The molecule has 0 spiro atoms. The number of fused-ring (bicyclic) bond motifs is 2. The van der Waals surface area contributed by atoms with Crippen LogP contribution in [-0.4, -0.2) is 17.7 Å². The van der Waals surface area contributed by atoms with Gasteiger partial charge in [0.2, 0.25) is 0 Å². The quantitative estimate of drug-likeness (QED) is 0.827. The zero-order valence-electron chi connectivity index (χ0n) is 11.8. The van der Waals surface area contributed by atoms with Crippen molar-refractivity contribution in [2.75, 3.05) is 6.61 Å². The smallest absolute Gasteiger partial charge is 0.328 e. The van der Waals surface area contributed by atoms with Gasteiger partial charge in [0.25, 0.3) is 0 Å². The Kier molecular flexibility index (Phi) is 4.20.